The van der Waals surface area contributed by atoms with Crippen LogP contribution >= 0.6 is 0 Å². The molecule has 0 heterocycles. The Labute approximate surface area is 595 Å². The van der Waals surface area contributed by atoms with Gasteiger partial charge in [0.05, 0.1) is 6.61 Å². The highest BCUT2D eigenvalue weighted by Crippen LogP contribution is 2.18. The molecule has 0 aliphatic rings. The molecule has 0 amide bonds. The van der Waals surface area contributed by atoms with E-state index >= 15 is 0 Å². The van der Waals surface area contributed by atoms with Gasteiger partial charge in [-0.2, -0.15) is 0 Å². The first-order valence-electron chi connectivity index (χ1n) is 40.7. The molecule has 0 fully saturated rings. The number of hydrogen-bond acceptors (Lipinski definition) is 5. The van der Waals surface area contributed by atoms with Crippen LogP contribution in [0.1, 0.15) is 373 Å². The van der Waals surface area contributed by atoms with Gasteiger partial charge in [0.1, 0.15) is 6.61 Å². The highest BCUT2D eigenvalue weighted by atomic mass is 16.6. The average Bonchev–Trinajstić information content (AvgIpc) is 3.79. The van der Waals surface area contributed by atoms with Gasteiger partial charge in [0.15, 0.2) is 6.10 Å². The Hall–Kier alpha value is -4.74. The Morgan fingerprint density at radius 1 is 0.250 bits per heavy atom. The molecule has 0 aromatic carbocycles. The molecule has 1 unspecified atom stereocenters. The lowest BCUT2D eigenvalue weighted by atomic mass is 10.0. The van der Waals surface area contributed by atoms with E-state index in [2.05, 4.69) is 184 Å². The van der Waals surface area contributed by atoms with Crippen LogP contribution in [0.15, 0.2) is 170 Å². The summed E-state index contributed by atoms with van der Waals surface area (Å²) in [6, 6.07) is 0. The van der Waals surface area contributed by atoms with Gasteiger partial charge in [-0.25, -0.2) is 0 Å². The molecule has 0 aromatic rings. The van der Waals surface area contributed by atoms with Gasteiger partial charge in [-0.1, -0.05) is 396 Å². The summed E-state index contributed by atoms with van der Waals surface area (Å²) in [6.07, 6.45) is 130. The molecule has 546 valence electrons. The SMILES string of the molecule is CC/C=C\C/C=C\C/C=C\C/C=C\C/C=C\C/C=C\C/C=C\C/C=C\C/C=C\C/C=C\C/C=C\C/C=C\CCCCCCC(=O)OC(CO)COC(=O)CCCCCCCCCCCCCCCCCCCCCCCCCCCCCCC/C=C\C/C=C\CCCCCCC. The van der Waals surface area contributed by atoms with E-state index in [-0.39, 0.29) is 25.2 Å². The Bertz CT molecular complexity index is 2050. The maximum Gasteiger partial charge on any atom is 0.306 e. The van der Waals surface area contributed by atoms with E-state index in [1.807, 2.05) is 0 Å². The highest BCUT2D eigenvalue weighted by molar-refractivity contribution is 5.70. The number of aliphatic hydroxyl groups is 1. The molecule has 1 N–H and O–H groups in total. The quantitative estimate of drug-likeness (QED) is 0.0373. The monoisotopic (exact) mass is 1330 g/mol. The van der Waals surface area contributed by atoms with Crippen LogP contribution in [0, 0.1) is 0 Å². The van der Waals surface area contributed by atoms with Crippen molar-refractivity contribution in [1.29, 1.82) is 0 Å². The van der Waals surface area contributed by atoms with Crippen molar-refractivity contribution in [1.82, 2.24) is 0 Å². The predicted molar refractivity (Wildman–Crippen MR) is 426 cm³/mol. The predicted octanol–water partition coefficient (Wildman–Crippen LogP) is 29.1. The zero-order valence-corrected chi connectivity index (χ0v) is 62.8. The van der Waals surface area contributed by atoms with E-state index in [9.17, 15) is 14.7 Å². The highest BCUT2D eigenvalue weighted by Gasteiger charge is 2.16. The lowest BCUT2D eigenvalue weighted by molar-refractivity contribution is -0.161. The summed E-state index contributed by atoms with van der Waals surface area (Å²) in [5, 5.41) is 9.72. The van der Waals surface area contributed by atoms with Crippen molar-refractivity contribution in [2.45, 2.75) is 380 Å². The van der Waals surface area contributed by atoms with Crippen LogP contribution in [0.3, 0.4) is 0 Å². The summed E-state index contributed by atoms with van der Waals surface area (Å²) in [5.74, 6) is -0.616. The van der Waals surface area contributed by atoms with Crippen LogP contribution in [0.5, 0.6) is 0 Å². The van der Waals surface area contributed by atoms with E-state index in [1.54, 1.807) is 0 Å². The second-order valence-corrected chi connectivity index (χ2v) is 26.8. The number of carbonyl (C=O) groups excluding carboxylic acids is 2. The minimum atomic E-state index is -0.798. The minimum Gasteiger partial charge on any atom is -0.462 e. The van der Waals surface area contributed by atoms with E-state index < -0.39 is 6.10 Å². The fourth-order valence-corrected chi connectivity index (χ4v) is 11.5. The maximum atomic E-state index is 12.4. The topological polar surface area (TPSA) is 72.8 Å². The Balaban J connectivity index is 3.53. The number of hydrogen-bond donors (Lipinski definition) is 1. The summed E-state index contributed by atoms with van der Waals surface area (Å²) in [7, 11) is 0. The van der Waals surface area contributed by atoms with Crippen LogP contribution in [0.25, 0.3) is 0 Å². The van der Waals surface area contributed by atoms with Gasteiger partial charge in [0, 0.05) is 12.8 Å². The molecule has 5 nitrogen and oxygen atoms in total. The van der Waals surface area contributed by atoms with Gasteiger partial charge in [0.2, 0.25) is 0 Å². The number of aliphatic hydroxyl groups excluding tert-OH is 1. The molecule has 5 heteroatoms. The van der Waals surface area contributed by atoms with Crippen molar-refractivity contribution < 1.29 is 24.2 Å². The molecule has 0 aromatic heterocycles. The lowest BCUT2D eigenvalue weighted by Gasteiger charge is -2.15. The molecule has 0 rings (SSSR count). The first-order chi connectivity index (χ1) is 47.6. The summed E-state index contributed by atoms with van der Waals surface area (Å²) >= 11 is 0. The number of ether oxygens (including phenoxy) is 2. The van der Waals surface area contributed by atoms with Crippen molar-refractivity contribution in [3.63, 3.8) is 0 Å². The van der Waals surface area contributed by atoms with Crippen LogP contribution in [0.2, 0.25) is 0 Å². The number of esters is 2. The summed E-state index contributed by atoms with van der Waals surface area (Å²) < 4.78 is 10.8. The van der Waals surface area contributed by atoms with Crippen molar-refractivity contribution in [2.24, 2.45) is 0 Å². The van der Waals surface area contributed by atoms with Crippen LogP contribution in [-0.4, -0.2) is 36.4 Å². The Morgan fingerprint density at radius 2 is 0.448 bits per heavy atom. The average molecular weight is 1330 g/mol. The Morgan fingerprint density at radius 3 is 0.677 bits per heavy atom. The zero-order chi connectivity index (χ0) is 69.0. The second-order valence-electron chi connectivity index (χ2n) is 26.8. The van der Waals surface area contributed by atoms with Crippen LogP contribution in [-0.2, 0) is 19.1 Å². The third kappa shape index (κ3) is 81.7. The molecular formula is C91H152O5. The van der Waals surface area contributed by atoms with E-state index in [1.165, 1.54) is 212 Å². The minimum absolute atomic E-state index is 0.0823. The van der Waals surface area contributed by atoms with Crippen molar-refractivity contribution in [3.05, 3.63) is 170 Å². The van der Waals surface area contributed by atoms with E-state index in [4.69, 9.17) is 9.47 Å². The molecule has 0 saturated carbocycles. The first-order valence-corrected chi connectivity index (χ1v) is 40.7. The number of rotatable bonds is 74. The van der Waals surface area contributed by atoms with Crippen molar-refractivity contribution in [2.75, 3.05) is 13.2 Å². The molecule has 0 aliphatic heterocycles. The maximum absolute atomic E-state index is 12.4. The van der Waals surface area contributed by atoms with Gasteiger partial charge >= 0.3 is 11.9 Å². The third-order valence-electron chi connectivity index (χ3n) is 17.5. The number of unbranched alkanes of at least 4 members (excludes halogenated alkanes) is 38. The van der Waals surface area contributed by atoms with Gasteiger partial charge in [-0.15, -0.1) is 0 Å². The van der Waals surface area contributed by atoms with Crippen molar-refractivity contribution >= 4 is 11.9 Å². The molecular weight excluding hydrogens is 1170 g/mol. The summed E-state index contributed by atoms with van der Waals surface area (Å²) in [6.45, 7) is 4.02. The molecule has 0 aliphatic carbocycles. The molecule has 0 bridgehead atoms. The van der Waals surface area contributed by atoms with E-state index in [0.717, 1.165) is 135 Å². The normalized spacial score (nSPS) is 13.2. The lowest BCUT2D eigenvalue weighted by Crippen LogP contribution is -2.28. The van der Waals surface area contributed by atoms with Gasteiger partial charge in [-0.05, 0) is 135 Å². The van der Waals surface area contributed by atoms with E-state index in [0.29, 0.717) is 12.8 Å². The fourth-order valence-electron chi connectivity index (χ4n) is 11.5. The summed E-state index contributed by atoms with van der Waals surface area (Å²) in [4.78, 5) is 24.7. The van der Waals surface area contributed by atoms with Gasteiger partial charge < -0.3 is 14.6 Å². The molecule has 96 heavy (non-hydrogen) atoms. The molecule has 0 spiro atoms. The number of allylic oxidation sites excluding steroid dienone is 28. The largest absolute Gasteiger partial charge is 0.462 e. The smallest absolute Gasteiger partial charge is 0.306 e. The zero-order valence-electron chi connectivity index (χ0n) is 62.8. The first kappa shape index (κ1) is 91.3. The van der Waals surface area contributed by atoms with Crippen LogP contribution in [0.4, 0.5) is 0 Å². The molecule has 0 saturated heterocycles. The summed E-state index contributed by atoms with van der Waals surface area (Å²) in [5.41, 5.74) is 0. The van der Waals surface area contributed by atoms with Gasteiger partial charge in [-0.3, -0.25) is 9.59 Å². The fraction of sp³-hybridized carbons (Fsp3) is 0.670. The number of carbonyl (C=O) groups is 2. The van der Waals surface area contributed by atoms with Crippen molar-refractivity contribution in [3.8, 4) is 0 Å². The standard InChI is InChI=1S/C91H152O5/c1-3-5-7-9-11-13-15-17-19-21-23-25-27-29-31-33-35-37-39-41-43-45-47-49-51-53-55-57-59-61-63-65-67-69-71-73-75-77-79-81-83-85-90(93)95-88-89(87-92)96-91(94)86-84-82-80-78-76-74-72-70-68-66-64-62-60-58-56-54-52-50-48-46-44-42-40-38-36-34-32-30-28-26-24-22-20-18-16-14-12-10-8-6-4-2/h6,8,12,14-15,17-18,20-21,23-24,26,30,32,36,38,42,44,48,50,54,56,60,62,66,68,72,74,89,92H,3-5,7,9-11,13,16,19,22,25,27-29,31,33-35,37,39-41,43,45-47,49,51-53,55,57-59,61,63-65,67,69-71,73,75-88H2,1-2H3/b8-6-,14-12-,17-15-,20-18-,23-21-,26-24-,32-30-,38-36-,44-42-,50-48-,56-54-,62-60-,68-66-,74-72-. The molecule has 1 atom stereocenters. The Kier molecular flexibility index (Phi) is 80.3. The van der Waals surface area contributed by atoms with Crippen LogP contribution < -0.4 is 0 Å². The second kappa shape index (κ2) is 84.5. The third-order valence-corrected chi connectivity index (χ3v) is 17.5. The molecule has 0 radical (unpaired) electrons. The van der Waals surface area contributed by atoms with Gasteiger partial charge in [0.25, 0.3) is 0 Å².